The van der Waals surface area contributed by atoms with Crippen LogP contribution >= 0.6 is 0 Å². The van der Waals surface area contributed by atoms with Crippen molar-refractivity contribution in [1.82, 2.24) is 0 Å². The highest BCUT2D eigenvalue weighted by atomic mass is 14.5. The number of hydrogen-bond donors (Lipinski definition) is 1. The minimum Gasteiger partial charge on any atom is -0.327 e. The first-order chi connectivity index (χ1) is 10.8. The Morgan fingerprint density at radius 3 is 2.41 bits per heavy atom. The van der Waals surface area contributed by atoms with E-state index in [1.807, 2.05) is 0 Å². The average Bonchev–Trinajstić information content (AvgIpc) is 3.11. The van der Waals surface area contributed by atoms with Gasteiger partial charge in [-0.2, -0.15) is 0 Å². The van der Waals surface area contributed by atoms with Gasteiger partial charge in [0.1, 0.15) is 0 Å². The molecule has 0 bridgehead atoms. The van der Waals surface area contributed by atoms with E-state index >= 15 is 0 Å². The van der Waals surface area contributed by atoms with E-state index in [4.69, 9.17) is 5.73 Å². The van der Waals surface area contributed by atoms with Gasteiger partial charge in [-0.1, -0.05) is 73.6 Å². The third-order valence-electron chi connectivity index (χ3n) is 4.52. The molecule has 0 saturated heterocycles. The van der Waals surface area contributed by atoms with E-state index in [0.717, 1.165) is 12.3 Å². The first kappa shape index (κ1) is 16.8. The van der Waals surface area contributed by atoms with Crippen molar-refractivity contribution in [2.75, 3.05) is 6.54 Å². The number of hydrogen-bond acceptors (Lipinski definition) is 1. The van der Waals surface area contributed by atoms with Crippen LogP contribution in [0.5, 0.6) is 0 Å². The van der Waals surface area contributed by atoms with Gasteiger partial charge >= 0.3 is 0 Å². The van der Waals surface area contributed by atoms with Crippen molar-refractivity contribution in [3.05, 3.63) is 71.8 Å². The Labute approximate surface area is 135 Å². The fraction of sp³-hybridized carbons (Fsp3) is 0.429. The lowest BCUT2D eigenvalue weighted by molar-refractivity contribution is 0.632. The number of allylic oxidation sites excluding steroid dienone is 4. The minimum absolute atomic E-state index is 0.685. The predicted molar refractivity (Wildman–Crippen MR) is 96.8 cm³/mol. The quantitative estimate of drug-likeness (QED) is 0.759. The van der Waals surface area contributed by atoms with Crippen LogP contribution in [0.3, 0.4) is 0 Å². The zero-order valence-corrected chi connectivity index (χ0v) is 13.6. The molecule has 3 rings (SSSR count). The summed E-state index contributed by atoms with van der Waals surface area (Å²) < 4.78 is 0. The van der Waals surface area contributed by atoms with E-state index in [2.05, 4.69) is 55.1 Å². The van der Waals surface area contributed by atoms with Crippen molar-refractivity contribution in [3.8, 4) is 0 Å². The van der Waals surface area contributed by atoms with Crippen LogP contribution in [0.25, 0.3) is 0 Å². The van der Waals surface area contributed by atoms with Crippen LogP contribution in [0.4, 0.5) is 0 Å². The van der Waals surface area contributed by atoms with Gasteiger partial charge in [-0.3, -0.25) is 0 Å². The van der Waals surface area contributed by atoms with Crippen molar-refractivity contribution in [1.29, 1.82) is 0 Å². The van der Waals surface area contributed by atoms with Gasteiger partial charge in [-0.15, -0.1) is 0 Å². The first-order valence-electron chi connectivity index (χ1n) is 8.57. The second-order valence-corrected chi connectivity index (χ2v) is 6.26. The lowest BCUT2D eigenvalue weighted by atomic mass is 9.99. The summed E-state index contributed by atoms with van der Waals surface area (Å²) >= 11 is 0. The van der Waals surface area contributed by atoms with E-state index in [1.54, 1.807) is 0 Å². The molecule has 0 atom stereocenters. The summed E-state index contributed by atoms with van der Waals surface area (Å²) in [6.45, 7) is 4.62. The molecule has 0 amide bonds. The Morgan fingerprint density at radius 1 is 1.09 bits per heavy atom. The van der Waals surface area contributed by atoms with Crippen LogP contribution in [0.2, 0.25) is 0 Å². The summed E-state index contributed by atoms with van der Waals surface area (Å²) in [5.41, 5.74) is 9.57. The summed E-state index contributed by atoms with van der Waals surface area (Å²) in [5, 5.41) is 0. The first-order valence-corrected chi connectivity index (χ1v) is 8.57. The van der Waals surface area contributed by atoms with Crippen molar-refractivity contribution < 1.29 is 0 Å². The minimum atomic E-state index is 0.685. The Kier molecular flexibility index (Phi) is 7.18. The van der Waals surface area contributed by atoms with E-state index in [9.17, 15) is 0 Å². The van der Waals surface area contributed by atoms with Gasteiger partial charge < -0.3 is 5.73 Å². The Morgan fingerprint density at radius 2 is 1.82 bits per heavy atom. The molecule has 0 heterocycles. The molecule has 2 aliphatic carbocycles. The normalized spacial score (nSPS) is 17.6. The Hall–Kier alpha value is -1.60. The van der Waals surface area contributed by atoms with Gasteiger partial charge in [-0.05, 0) is 49.2 Å². The van der Waals surface area contributed by atoms with Gasteiger partial charge in [0.2, 0.25) is 0 Å². The molecule has 0 radical (unpaired) electrons. The molecule has 118 valence electrons. The average molecular weight is 295 g/mol. The number of benzene rings is 1. The van der Waals surface area contributed by atoms with Crippen LogP contribution in [0, 0.1) is 5.92 Å². The zero-order valence-electron chi connectivity index (χ0n) is 13.6. The molecule has 22 heavy (non-hydrogen) atoms. The van der Waals surface area contributed by atoms with Crippen LogP contribution in [-0.4, -0.2) is 6.54 Å². The highest BCUT2D eigenvalue weighted by Crippen LogP contribution is 2.29. The highest BCUT2D eigenvalue weighted by Gasteiger charge is 2.16. The smallest absolute Gasteiger partial charge is 0.0136 e. The van der Waals surface area contributed by atoms with Crippen LogP contribution in [-0.2, 0) is 6.42 Å². The molecule has 0 spiro atoms. The molecule has 1 nitrogen and oxygen atoms in total. The summed E-state index contributed by atoms with van der Waals surface area (Å²) in [5.74, 6) is 0.759. The summed E-state index contributed by atoms with van der Waals surface area (Å²) in [6, 6.07) is 10.6. The SMILES string of the molecule is C1=CC(Cc2ccccc2)=CCC1.C=C(CN)C1CCCC1. The number of rotatable bonds is 4. The molecule has 1 aromatic rings. The van der Waals surface area contributed by atoms with Gasteiger partial charge in [0.15, 0.2) is 0 Å². The molecule has 1 aromatic carbocycles. The van der Waals surface area contributed by atoms with E-state index < -0.39 is 0 Å². The summed E-state index contributed by atoms with van der Waals surface area (Å²) in [7, 11) is 0. The molecule has 0 aromatic heterocycles. The standard InChI is InChI=1S/C13H14.C8H15N/c1-3-7-12(8-4-1)11-13-9-5-2-6-10-13;1-7(6-9)8-4-2-3-5-8/h1,3-5,7-10H,2,6,11H2;8H,1-6,9H2. The molecular formula is C21H29N. The topological polar surface area (TPSA) is 26.0 Å². The van der Waals surface area contributed by atoms with Crippen molar-refractivity contribution in [2.45, 2.75) is 44.9 Å². The van der Waals surface area contributed by atoms with Gasteiger partial charge in [0, 0.05) is 6.54 Å². The second-order valence-electron chi connectivity index (χ2n) is 6.26. The summed E-state index contributed by atoms with van der Waals surface area (Å²) in [4.78, 5) is 0. The largest absolute Gasteiger partial charge is 0.327 e. The Bertz CT molecular complexity index is 504. The molecule has 1 saturated carbocycles. The maximum atomic E-state index is 5.45. The molecule has 2 aliphatic rings. The second kappa shape index (κ2) is 9.42. The molecule has 2 N–H and O–H groups in total. The van der Waals surface area contributed by atoms with Crippen molar-refractivity contribution >= 4 is 0 Å². The third-order valence-corrected chi connectivity index (χ3v) is 4.52. The molecule has 1 heteroatoms. The summed E-state index contributed by atoms with van der Waals surface area (Å²) in [6.07, 6.45) is 15.8. The maximum absolute atomic E-state index is 5.45. The van der Waals surface area contributed by atoms with E-state index in [0.29, 0.717) is 6.54 Å². The molecule has 0 aliphatic heterocycles. The monoisotopic (exact) mass is 295 g/mol. The van der Waals surface area contributed by atoms with Crippen molar-refractivity contribution in [3.63, 3.8) is 0 Å². The van der Waals surface area contributed by atoms with E-state index in [1.165, 1.54) is 55.2 Å². The lowest BCUT2D eigenvalue weighted by Gasteiger charge is -2.08. The van der Waals surface area contributed by atoms with Crippen LogP contribution < -0.4 is 5.73 Å². The maximum Gasteiger partial charge on any atom is 0.0136 e. The van der Waals surface area contributed by atoms with Crippen molar-refractivity contribution in [2.24, 2.45) is 11.7 Å². The van der Waals surface area contributed by atoms with Crippen LogP contribution in [0.1, 0.15) is 44.1 Å². The van der Waals surface area contributed by atoms with Gasteiger partial charge in [0.25, 0.3) is 0 Å². The van der Waals surface area contributed by atoms with Gasteiger partial charge in [0.05, 0.1) is 0 Å². The Balaban J connectivity index is 0.000000172. The molecular weight excluding hydrogens is 266 g/mol. The lowest BCUT2D eigenvalue weighted by Crippen LogP contribution is -2.08. The fourth-order valence-electron chi connectivity index (χ4n) is 3.13. The van der Waals surface area contributed by atoms with Crippen LogP contribution in [0.15, 0.2) is 66.3 Å². The predicted octanol–water partition coefficient (Wildman–Crippen LogP) is 5.20. The number of nitrogens with two attached hydrogens (primary N) is 1. The molecule has 0 unspecified atom stereocenters. The van der Waals surface area contributed by atoms with E-state index in [-0.39, 0.29) is 0 Å². The molecule has 1 fully saturated rings. The highest BCUT2D eigenvalue weighted by molar-refractivity contribution is 5.29. The zero-order chi connectivity index (χ0) is 15.6. The fourth-order valence-corrected chi connectivity index (χ4v) is 3.13. The third kappa shape index (κ3) is 5.65. The van der Waals surface area contributed by atoms with Gasteiger partial charge in [-0.25, -0.2) is 0 Å².